The standard InChI is InChI=1S/C27H41BrN6O5/c1-34(26(35)21-4-2-5-21)12-3-11-30-25-24(28)20-31-27(33-25)32-22-6-8-23(9-7-22)39-19-18-38-17-16-37-15-14-36-13-10-29/h6-9,20-21H,2-5,10-19,29H2,1H3,(H2,30,31,32,33). The van der Waals surface area contributed by atoms with Crippen LogP contribution in [0.25, 0.3) is 0 Å². The molecule has 1 fully saturated rings. The van der Waals surface area contributed by atoms with Crippen LogP contribution in [-0.2, 0) is 19.0 Å². The number of aromatic nitrogens is 2. The summed E-state index contributed by atoms with van der Waals surface area (Å²) >= 11 is 3.50. The fraction of sp³-hybridized carbons (Fsp3) is 0.593. The van der Waals surface area contributed by atoms with Gasteiger partial charge in [-0.3, -0.25) is 4.79 Å². The minimum atomic E-state index is 0.233. The molecule has 1 aromatic carbocycles. The maximum Gasteiger partial charge on any atom is 0.229 e. The second kappa shape index (κ2) is 18.0. The third-order valence-electron chi connectivity index (χ3n) is 6.15. The lowest BCUT2D eigenvalue weighted by Crippen LogP contribution is -2.37. The predicted molar refractivity (Wildman–Crippen MR) is 155 cm³/mol. The molecule has 1 aliphatic rings. The minimum absolute atomic E-state index is 0.233. The zero-order valence-corrected chi connectivity index (χ0v) is 24.3. The Morgan fingerprint density at radius 3 is 2.36 bits per heavy atom. The number of anilines is 3. The number of ether oxygens (including phenoxy) is 4. The minimum Gasteiger partial charge on any atom is -0.491 e. The van der Waals surface area contributed by atoms with Crippen molar-refractivity contribution in [3.05, 3.63) is 34.9 Å². The second-order valence-corrected chi connectivity index (χ2v) is 10.0. The van der Waals surface area contributed by atoms with Crippen LogP contribution in [0.15, 0.2) is 34.9 Å². The lowest BCUT2D eigenvalue weighted by molar-refractivity contribution is -0.136. The zero-order valence-electron chi connectivity index (χ0n) is 22.7. The first-order valence-electron chi connectivity index (χ1n) is 13.5. The van der Waals surface area contributed by atoms with E-state index >= 15 is 0 Å². The molecule has 0 atom stereocenters. The number of amides is 1. The van der Waals surface area contributed by atoms with Crippen molar-refractivity contribution in [1.82, 2.24) is 14.9 Å². The number of carbonyl (C=O) groups is 1. The van der Waals surface area contributed by atoms with Gasteiger partial charge in [0.25, 0.3) is 0 Å². The molecule has 1 aromatic heterocycles. The third-order valence-corrected chi connectivity index (χ3v) is 6.73. The number of nitrogens with two attached hydrogens (primary N) is 1. The van der Waals surface area contributed by atoms with Crippen molar-refractivity contribution < 1.29 is 23.7 Å². The van der Waals surface area contributed by atoms with E-state index in [0.29, 0.717) is 71.1 Å². The van der Waals surface area contributed by atoms with E-state index in [9.17, 15) is 4.79 Å². The Bertz CT molecular complexity index is 980. The highest BCUT2D eigenvalue weighted by Crippen LogP contribution is 2.28. The van der Waals surface area contributed by atoms with Gasteiger partial charge in [-0.2, -0.15) is 4.98 Å². The molecule has 39 heavy (non-hydrogen) atoms. The highest BCUT2D eigenvalue weighted by Gasteiger charge is 2.27. The summed E-state index contributed by atoms with van der Waals surface area (Å²) in [6.07, 6.45) is 5.77. The zero-order chi connectivity index (χ0) is 27.7. The van der Waals surface area contributed by atoms with E-state index in [1.54, 1.807) is 6.20 Å². The van der Waals surface area contributed by atoms with E-state index < -0.39 is 0 Å². The smallest absolute Gasteiger partial charge is 0.229 e. The Morgan fingerprint density at radius 1 is 1.05 bits per heavy atom. The summed E-state index contributed by atoms with van der Waals surface area (Å²) in [5.74, 6) is 2.43. The quantitative estimate of drug-likeness (QED) is 0.192. The first kappa shape index (κ1) is 31.0. The van der Waals surface area contributed by atoms with Crippen molar-refractivity contribution in [2.75, 3.05) is 83.6 Å². The average Bonchev–Trinajstić information content (AvgIpc) is 2.91. The number of hydrogen-bond acceptors (Lipinski definition) is 10. The summed E-state index contributed by atoms with van der Waals surface area (Å²) in [5.41, 5.74) is 6.19. The normalized spacial score (nSPS) is 13.1. The number of benzene rings is 1. The lowest BCUT2D eigenvalue weighted by atomic mass is 9.84. The molecule has 0 saturated heterocycles. The van der Waals surface area contributed by atoms with Crippen LogP contribution in [0.4, 0.5) is 17.5 Å². The summed E-state index contributed by atoms with van der Waals surface area (Å²) < 4.78 is 22.7. The van der Waals surface area contributed by atoms with Crippen LogP contribution in [0, 0.1) is 5.92 Å². The SMILES string of the molecule is CN(CCCNc1nc(Nc2ccc(OCCOCCOCCOCCN)cc2)ncc1Br)C(=O)C1CCC1. The van der Waals surface area contributed by atoms with Gasteiger partial charge in [-0.1, -0.05) is 6.42 Å². The van der Waals surface area contributed by atoms with E-state index in [-0.39, 0.29) is 11.8 Å². The maximum absolute atomic E-state index is 12.3. The molecule has 0 spiro atoms. The molecular formula is C27H41BrN6O5. The van der Waals surface area contributed by atoms with E-state index in [1.165, 1.54) is 6.42 Å². The lowest BCUT2D eigenvalue weighted by Gasteiger charge is -2.29. The van der Waals surface area contributed by atoms with Gasteiger partial charge >= 0.3 is 0 Å². The molecule has 0 unspecified atom stereocenters. The molecule has 0 radical (unpaired) electrons. The van der Waals surface area contributed by atoms with Gasteiger partial charge in [0.2, 0.25) is 11.9 Å². The first-order chi connectivity index (χ1) is 19.1. The fourth-order valence-corrected chi connectivity index (χ4v) is 4.09. The molecule has 3 rings (SSSR count). The van der Waals surface area contributed by atoms with Crippen LogP contribution in [0.1, 0.15) is 25.7 Å². The summed E-state index contributed by atoms with van der Waals surface area (Å²) in [6, 6.07) is 7.58. The number of nitrogens with zero attached hydrogens (tertiary/aromatic N) is 3. The van der Waals surface area contributed by atoms with Crippen molar-refractivity contribution in [2.24, 2.45) is 11.7 Å². The van der Waals surface area contributed by atoms with Crippen molar-refractivity contribution in [3.8, 4) is 5.75 Å². The van der Waals surface area contributed by atoms with Gasteiger partial charge in [-0.25, -0.2) is 4.98 Å². The van der Waals surface area contributed by atoms with Crippen LogP contribution in [-0.4, -0.2) is 93.7 Å². The molecule has 1 aliphatic carbocycles. The van der Waals surface area contributed by atoms with Crippen molar-refractivity contribution in [1.29, 1.82) is 0 Å². The van der Waals surface area contributed by atoms with Crippen molar-refractivity contribution in [3.63, 3.8) is 0 Å². The monoisotopic (exact) mass is 608 g/mol. The number of hydrogen-bond donors (Lipinski definition) is 3. The van der Waals surface area contributed by atoms with Crippen LogP contribution in [0.2, 0.25) is 0 Å². The number of rotatable bonds is 20. The van der Waals surface area contributed by atoms with Gasteiger partial charge in [0, 0.05) is 44.5 Å². The Kier molecular flexibility index (Phi) is 14.3. The van der Waals surface area contributed by atoms with Gasteiger partial charge in [-0.15, -0.1) is 0 Å². The van der Waals surface area contributed by atoms with Crippen LogP contribution >= 0.6 is 15.9 Å². The molecule has 12 heteroatoms. The molecule has 4 N–H and O–H groups in total. The summed E-state index contributed by atoms with van der Waals surface area (Å²) in [4.78, 5) is 23.0. The first-order valence-corrected chi connectivity index (χ1v) is 14.3. The summed E-state index contributed by atoms with van der Waals surface area (Å²) in [6.45, 7) is 5.50. The fourth-order valence-electron chi connectivity index (χ4n) is 3.76. The molecule has 216 valence electrons. The van der Waals surface area contributed by atoms with Gasteiger partial charge in [0.1, 0.15) is 18.2 Å². The van der Waals surface area contributed by atoms with Crippen LogP contribution < -0.4 is 21.1 Å². The van der Waals surface area contributed by atoms with Gasteiger partial charge in [0.05, 0.1) is 44.1 Å². The number of halogens is 1. The Morgan fingerprint density at radius 2 is 1.72 bits per heavy atom. The molecule has 1 amide bonds. The topological polar surface area (TPSA) is 133 Å². The van der Waals surface area contributed by atoms with Gasteiger partial charge in [-0.05, 0) is 59.5 Å². The average molecular weight is 610 g/mol. The highest BCUT2D eigenvalue weighted by atomic mass is 79.9. The van der Waals surface area contributed by atoms with Crippen molar-refractivity contribution in [2.45, 2.75) is 25.7 Å². The second-order valence-electron chi connectivity index (χ2n) is 9.18. The van der Waals surface area contributed by atoms with E-state index in [0.717, 1.165) is 41.7 Å². The summed E-state index contributed by atoms with van der Waals surface area (Å²) in [7, 11) is 1.88. The third kappa shape index (κ3) is 11.6. The van der Waals surface area contributed by atoms with Gasteiger partial charge in [0.15, 0.2) is 0 Å². The Hall–Kier alpha value is -2.51. The van der Waals surface area contributed by atoms with E-state index in [2.05, 4.69) is 36.5 Å². The number of nitrogens with one attached hydrogen (secondary N) is 2. The number of carbonyl (C=O) groups excluding carboxylic acids is 1. The van der Waals surface area contributed by atoms with Crippen LogP contribution in [0.5, 0.6) is 5.75 Å². The van der Waals surface area contributed by atoms with E-state index in [4.69, 9.17) is 24.7 Å². The maximum atomic E-state index is 12.3. The highest BCUT2D eigenvalue weighted by molar-refractivity contribution is 9.10. The van der Waals surface area contributed by atoms with Crippen LogP contribution in [0.3, 0.4) is 0 Å². The Balaban J connectivity index is 1.30. The molecule has 11 nitrogen and oxygen atoms in total. The largest absolute Gasteiger partial charge is 0.491 e. The van der Waals surface area contributed by atoms with Crippen molar-refractivity contribution >= 4 is 39.3 Å². The molecule has 2 aromatic rings. The summed E-state index contributed by atoms with van der Waals surface area (Å²) in [5, 5.41) is 6.54. The molecular weight excluding hydrogens is 568 g/mol. The van der Waals surface area contributed by atoms with E-state index in [1.807, 2.05) is 36.2 Å². The Labute approximate surface area is 239 Å². The van der Waals surface area contributed by atoms with Gasteiger partial charge < -0.3 is 40.2 Å². The molecule has 0 bridgehead atoms. The predicted octanol–water partition coefficient (Wildman–Crippen LogP) is 3.43. The molecule has 1 saturated carbocycles. The molecule has 0 aliphatic heterocycles. The molecule has 1 heterocycles.